The maximum absolute atomic E-state index is 11.2. The Morgan fingerprint density at radius 3 is 2.67 bits per heavy atom. The summed E-state index contributed by atoms with van der Waals surface area (Å²) < 4.78 is 22.4. The number of sulfone groups is 1. The third kappa shape index (κ3) is 5.32. The average molecular weight is 310 g/mol. The minimum Gasteiger partial charge on any atom is -0.370 e. The van der Waals surface area contributed by atoms with Gasteiger partial charge in [0.2, 0.25) is 0 Å². The van der Waals surface area contributed by atoms with E-state index in [-0.39, 0.29) is 5.75 Å². The first-order chi connectivity index (χ1) is 9.96. The van der Waals surface area contributed by atoms with E-state index >= 15 is 0 Å². The molecule has 0 bridgehead atoms. The number of hydrogen-bond donors (Lipinski definition) is 0. The van der Waals surface area contributed by atoms with Gasteiger partial charge in [-0.05, 0) is 45.0 Å². The molecule has 118 valence electrons. The fraction of sp³-hybridized carbons (Fsp3) is 0.625. The molecule has 1 fully saturated rings. The Morgan fingerprint density at radius 2 is 2.00 bits per heavy atom. The first-order valence-electron chi connectivity index (χ1n) is 7.64. The lowest BCUT2D eigenvalue weighted by molar-refractivity contribution is 0.216. The molecule has 0 amide bonds. The second-order valence-electron chi connectivity index (χ2n) is 6.04. The molecule has 5 heteroatoms. The van der Waals surface area contributed by atoms with E-state index in [0.717, 1.165) is 26.1 Å². The number of rotatable bonds is 6. The number of benzene rings is 1. The van der Waals surface area contributed by atoms with E-state index in [0.29, 0.717) is 6.04 Å². The highest BCUT2D eigenvalue weighted by Crippen LogP contribution is 2.21. The van der Waals surface area contributed by atoms with Gasteiger partial charge >= 0.3 is 0 Å². The van der Waals surface area contributed by atoms with Gasteiger partial charge in [-0.2, -0.15) is 0 Å². The predicted molar refractivity (Wildman–Crippen MR) is 88.6 cm³/mol. The molecule has 1 heterocycles. The van der Waals surface area contributed by atoms with Crippen molar-refractivity contribution in [2.24, 2.45) is 0 Å². The monoisotopic (exact) mass is 310 g/mol. The highest BCUT2D eigenvalue weighted by atomic mass is 32.2. The van der Waals surface area contributed by atoms with Gasteiger partial charge in [-0.25, -0.2) is 8.42 Å². The van der Waals surface area contributed by atoms with Gasteiger partial charge in [0.1, 0.15) is 9.84 Å². The summed E-state index contributed by atoms with van der Waals surface area (Å²) in [6.07, 6.45) is 4.41. The van der Waals surface area contributed by atoms with Gasteiger partial charge in [-0.1, -0.05) is 18.2 Å². The molecular formula is C16H26N2O2S. The Bertz CT molecular complexity index is 530. The lowest BCUT2D eigenvalue weighted by Crippen LogP contribution is -2.47. The third-order valence-electron chi connectivity index (χ3n) is 4.17. The summed E-state index contributed by atoms with van der Waals surface area (Å²) in [4.78, 5) is 4.75. The van der Waals surface area contributed by atoms with Gasteiger partial charge in [-0.3, -0.25) is 0 Å². The van der Waals surface area contributed by atoms with Crippen molar-refractivity contribution in [3.8, 4) is 0 Å². The molecule has 1 saturated heterocycles. The fourth-order valence-corrected chi connectivity index (χ4v) is 3.60. The van der Waals surface area contributed by atoms with Gasteiger partial charge in [0.05, 0.1) is 5.75 Å². The average Bonchev–Trinajstić information content (AvgIpc) is 2.47. The molecule has 0 aliphatic carbocycles. The van der Waals surface area contributed by atoms with Crippen molar-refractivity contribution < 1.29 is 8.42 Å². The van der Waals surface area contributed by atoms with Gasteiger partial charge < -0.3 is 9.80 Å². The van der Waals surface area contributed by atoms with E-state index in [4.69, 9.17) is 0 Å². The van der Waals surface area contributed by atoms with Crippen LogP contribution in [0.2, 0.25) is 0 Å². The second kappa shape index (κ2) is 7.27. The van der Waals surface area contributed by atoms with Crippen LogP contribution in [0.4, 0.5) is 5.69 Å². The summed E-state index contributed by atoms with van der Waals surface area (Å²) in [7, 11) is -0.729. The summed E-state index contributed by atoms with van der Waals surface area (Å²) in [5.74, 6) is 0.284. The normalized spacial score (nSPS) is 20.0. The predicted octanol–water partition coefficient (Wildman–Crippen LogP) is 2.02. The van der Waals surface area contributed by atoms with Gasteiger partial charge in [-0.15, -0.1) is 0 Å². The summed E-state index contributed by atoms with van der Waals surface area (Å²) in [6, 6.07) is 11.0. The first kappa shape index (κ1) is 16.3. The molecule has 0 saturated carbocycles. The Kier molecular flexibility index (Phi) is 5.65. The van der Waals surface area contributed by atoms with Gasteiger partial charge in [0.15, 0.2) is 0 Å². The van der Waals surface area contributed by atoms with Crippen molar-refractivity contribution in [2.75, 3.05) is 43.6 Å². The van der Waals surface area contributed by atoms with E-state index in [1.807, 2.05) is 6.07 Å². The zero-order valence-corrected chi connectivity index (χ0v) is 13.8. The molecular weight excluding hydrogens is 284 g/mol. The topological polar surface area (TPSA) is 40.6 Å². The number of hydrogen-bond acceptors (Lipinski definition) is 4. The molecule has 0 radical (unpaired) electrons. The number of anilines is 1. The molecule has 1 aromatic rings. The molecule has 4 nitrogen and oxygen atoms in total. The third-order valence-corrected chi connectivity index (χ3v) is 5.20. The highest BCUT2D eigenvalue weighted by Gasteiger charge is 2.23. The maximum atomic E-state index is 11.2. The minimum atomic E-state index is -2.84. The maximum Gasteiger partial charge on any atom is 0.147 e. The van der Waals surface area contributed by atoms with Crippen molar-refractivity contribution in [3.05, 3.63) is 30.3 Å². The fourth-order valence-electron chi connectivity index (χ4n) is 2.95. The summed E-state index contributed by atoms with van der Waals surface area (Å²) in [5, 5.41) is 0. The van der Waals surface area contributed by atoms with E-state index in [1.54, 1.807) is 0 Å². The van der Waals surface area contributed by atoms with Gasteiger partial charge in [0.25, 0.3) is 0 Å². The van der Waals surface area contributed by atoms with Crippen LogP contribution < -0.4 is 4.90 Å². The molecule has 21 heavy (non-hydrogen) atoms. The van der Waals surface area contributed by atoms with Crippen molar-refractivity contribution in [2.45, 2.75) is 25.3 Å². The summed E-state index contributed by atoms with van der Waals surface area (Å²) in [6.45, 7) is 2.98. The van der Waals surface area contributed by atoms with E-state index in [2.05, 4.69) is 41.1 Å². The molecule has 1 aliphatic heterocycles. The lowest BCUT2D eigenvalue weighted by Gasteiger charge is -2.39. The van der Waals surface area contributed by atoms with Crippen molar-refractivity contribution in [1.29, 1.82) is 0 Å². The molecule has 1 aromatic carbocycles. The van der Waals surface area contributed by atoms with Crippen LogP contribution in [0, 0.1) is 0 Å². The Morgan fingerprint density at radius 1 is 1.29 bits per heavy atom. The van der Waals surface area contributed by atoms with Crippen LogP contribution in [0.5, 0.6) is 0 Å². The minimum absolute atomic E-state index is 0.284. The number of likely N-dealkylation sites (N-methyl/N-ethyl adjacent to an activating group) is 1. The van der Waals surface area contributed by atoms with Crippen LogP contribution in [0.1, 0.15) is 19.3 Å². The molecule has 2 rings (SSSR count). The lowest BCUT2D eigenvalue weighted by atomic mass is 10.0. The van der Waals surface area contributed by atoms with Crippen molar-refractivity contribution >= 4 is 15.5 Å². The highest BCUT2D eigenvalue weighted by molar-refractivity contribution is 7.90. The smallest absolute Gasteiger partial charge is 0.147 e. The number of piperidine rings is 1. The van der Waals surface area contributed by atoms with Crippen molar-refractivity contribution in [3.63, 3.8) is 0 Å². The quantitative estimate of drug-likeness (QED) is 0.806. The van der Waals surface area contributed by atoms with Crippen molar-refractivity contribution in [1.82, 2.24) is 4.90 Å². The zero-order chi connectivity index (χ0) is 15.3. The first-order valence-corrected chi connectivity index (χ1v) is 9.70. The molecule has 1 unspecified atom stereocenters. The number of para-hydroxylation sites is 1. The van der Waals surface area contributed by atoms with Crippen LogP contribution in [0.25, 0.3) is 0 Å². The SMILES string of the molecule is CN(CCCS(C)(=O)=O)C1CCCN(c2ccccc2)C1. The second-order valence-corrected chi connectivity index (χ2v) is 8.30. The van der Waals surface area contributed by atoms with E-state index < -0.39 is 9.84 Å². The largest absolute Gasteiger partial charge is 0.370 e. The van der Waals surface area contributed by atoms with Crippen LogP contribution in [0.3, 0.4) is 0 Å². The van der Waals surface area contributed by atoms with Crippen LogP contribution >= 0.6 is 0 Å². The summed E-state index contributed by atoms with van der Waals surface area (Å²) in [5.41, 5.74) is 1.28. The Hall–Kier alpha value is -1.07. The summed E-state index contributed by atoms with van der Waals surface area (Å²) >= 11 is 0. The van der Waals surface area contributed by atoms with Crippen LogP contribution in [0.15, 0.2) is 30.3 Å². The van der Waals surface area contributed by atoms with E-state index in [9.17, 15) is 8.42 Å². The zero-order valence-electron chi connectivity index (χ0n) is 13.0. The molecule has 0 N–H and O–H groups in total. The standard InChI is InChI=1S/C16H26N2O2S/c1-17(11-7-13-21(2,19)20)16-10-6-12-18(14-16)15-8-4-3-5-9-15/h3-5,8-9,16H,6-7,10-14H2,1-2H3. The number of nitrogens with zero attached hydrogens (tertiary/aromatic N) is 2. The van der Waals surface area contributed by atoms with Crippen LogP contribution in [-0.4, -0.2) is 58.1 Å². The Balaban J connectivity index is 1.86. The Labute approximate surface area is 128 Å². The molecule has 1 atom stereocenters. The molecule has 1 aliphatic rings. The molecule has 0 aromatic heterocycles. The van der Waals surface area contributed by atoms with Gasteiger partial charge in [0, 0.05) is 31.1 Å². The van der Waals surface area contributed by atoms with E-state index in [1.165, 1.54) is 24.8 Å². The van der Waals surface area contributed by atoms with Crippen LogP contribution in [-0.2, 0) is 9.84 Å². The molecule has 0 spiro atoms.